The van der Waals surface area contributed by atoms with Gasteiger partial charge in [0, 0.05) is 26.2 Å². The van der Waals surface area contributed by atoms with Crippen LogP contribution in [0.25, 0.3) is 0 Å². The average molecular weight is 429 g/mol. The highest BCUT2D eigenvalue weighted by Gasteiger charge is 2.54. The van der Waals surface area contributed by atoms with E-state index < -0.39 is 5.41 Å². The third-order valence-corrected chi connectivity index (χ3v) is 7.98. The molecule has 0 saturated carbocycles. The van der Waals surface area contributed by atoms with Crippen molar-refractivity contribution in [3.8, 4) is 6.07 Å². The van der Waals surface area contributed by atoms with E-state index in [0.29, 0.717) is 0 Å². The molecule has 1 atom stereocenters. The molecule has 0 aromatic heterocycles. The van der Waals surface area contributed by atoms with E-state index in [9.17, 15) is 10.1 Å². The molecule has 3 heterocycles. The maximum Gasteiger partial charge on any atom is 0.241 e. The van der Waals surface area contributed by atoms with Gasteiger partial charge in [0.05, 0.1) is 12.2 Å². The molecule has 1 spiro atoms. The van der Waals surface area contributed by atoms with Gasteiger partial charge in [-0.2, -0.15) is 5.26 Å². The van der Waals surface area contributed by atoms with Crippen LogP contribution in [0.4, 0.5) is 0 Å². The van der Waals surface area contributed by atoms with Crippen LogP contribution in [0.1, 0.15) is 49.7 Å². The minimum atomic E-state index is -0.666. The number of carbonyl (C=O) groups is 1. The molecule has 1 amide bonds. The lowest BCUT2D eigenvalue weighted by atomic mass is 9.73. The Balaban J connectivity index is 1.31. The van der Waals surface area contributed by atoms with Crippen LogP contribution in [0.5, 0.6) is 0 Å². The molecular weight excluding hydrogens is 396 g/mol. The van der Waals surface area contributed by atoms with E-state index in [2.05, 4.69) is 45.5 Å². The van der Waals surface area contributed by atoms with E-state index in [0.717, 1.165) is 63.0 Å². The fourth-order valence-corrected chi connectivity index (χ4v) is 6.08. The summed E-state index contributed by atoms with van der Waals surface area (Å²) in [7, 11) is 0. The molecule has 3 fully saturated rings. The number of amides is 1. The third-order valence-electron chi connectivity index (χ3n) is 7.98. The Morgan fingerprint density at radius 3 is 2.19 bits per heavy atom. The summed E-state index contributed by atoms with van der Waals surface area (Å²) in [4.78, 5) is 17.9. The zero-order valence-electron chi connectivity index (χ0n) is 18.7. The van der Waals surface area contributed by atoms with Crippen LogP contribution >= 0.6 is 0 Å². The second kappa shape index (κ2) is 8.69. The number of carbonyl (C=O) groups excluding carboxylic acids is 1. The summed E-state index contributed by atoms with van der Waals surface area (Å²) >= 11 is 0. The molecule has 5 heteroatoms. The van der Waals surface area contributed by atoms with Gasteiger partial charge >= 0.3 is 0 Å². The molecule has 5 rings (SSSR count). The molecule has 3 saturated heterocycles. The number of likely N-dealkylation sites (tertiary alicyclic amines) is 1. The second-order valence-electron chi connectivity index (χ2n) is 9.55. The highest BCUT2D eigenvalue weighted by atomic mass is 16.2. The van der Waals surface area contributed by atoms with Gasteiger partial charge < -0.3 is 10.2 Å². The Kier molecular flexibility index (Phi) is 5.75. The van der Waals surface area contributed by atoms with Crippen molar-refractivity contribution in [2.45, 2.75) is 55.6 Å². The molecule has 32 heavy (non-hydrogen) atoms. The van der Waals surface area contributed by atoms with Crippen molar-refractivity contribution < 1.29 is 4.79 Å². The highest BCUT2D eigenvalue weighted by Crippen LogP contribution is 2.39. The summed E-state index contributed by atoms with van der Waals surface area (Å²) in [6.45, 7) is 3.69. The van der Waals surface area contributed by atoms with E-state index in [1.165, 1.54) is 12.8 Å². The topological polar surface area (TPSA) is 59.4 Å². The molecule has 2 aromatic rings. The summed E-state index contributed by atoms with van der Waals surface area (Å²) in [6, 6.07) is 23.0. The van der Waals surface area contributed by atoms with Crippen LogP contribution in [0, 0.1) is 11.3 Å². The number of hydrogen-bond donors (Lipinski definition) is 1. The van der Waals surface area contributed by atoms with Crippen molar-refractivity contribution in [2.24, 2.45) is 0 Å². The van der Waals surface area contributed by atoms with Crippen LogP contribution in [0.2, 0.25) is 0 Å². The highest BCUT2D eigenvalue weighted by molar-refractivity contribution is 5.89. The Labute approximate surface area is 191 Å². The van der Waals surface area contributed by atoms with Crippen molar-refractivity contribution in [3.05, 3.63) is 71.8 Å². The van der Waals surface area contributed by atoms with Gasteiger partial charge in [-0.25, -0.2) is 0 Å². The number of rotatable bonds is 5. The summed E-state index contributed by atoms with van der Waals surface area (Å²) in [5.74, 6) is 0.240. The van der Waals surface area contributed by atoms with E-state index in [-0.39, 0.29) is 17.6 Å². The molecule has 166 valence electrons. The minimum Gasteiger partial charge on any atom is -0.339 e. The zero-order chi connectivity index (χ0) is 22.0. The van der Waals surface area contributed by atoms with Crippen LogP contribution in [-0.2, 0) is 10.2 Å². The Bertz CT molecular complexity index is 936. The summed E-state index contributed by atoms with van der Waals surface area (Å²) in [5, 5.41) is 13.7. The number of nitriles is 1. The predicted octanol–water partition coefficient (Wildman–Crippen LogP) is 3.66. The molecule has 0 bridgehead atoms. The van der Waals surface area contributed by atoms with Crippen molar-refractivity contribution in [1.29, 1.82) is 5.26 Å². The first-order chi connectivity index (χ1) is 15.7. The first kappa shape index (κ1) is 21.2. The van der Waals surface area contributed by atoms with Crippen LogP contribution in [-0.4, -0.2) is 53.6 Å². The zero-order valence-corrected chi connectivity index (χ0v) is 18.7. The molecule has 3 aliphatic rings. The molecular formula is C27H32N4O. The van der Waals surface area contributed by atoms with Crippen LogP contribution in [0.3, 0.4) is 0 Å². The summed E-state index contributed by atoms with van der Waals surface area (Å²) < 4.78 is 0. The molecule has 5 nitrogen and oxygen atoms in total. The predicted molar refractivity (Wildman–Crippen MR) is 125 cm³/mol. The molecule has 2 aromatic carbocycles. The van der Waals surface area contributed by atoms with Crippen molar-refractivity contribution in [2.75, 3.05) is 26.2 Å². The monoisotopic (exact) mass is 428 g/mol. The third kappa shape index (κ3) is 3.52. The molecule has 0 radical (unpaired) electrons. The second-order valence-corrected chi connectivity index (χ2v) is 9.55. The summed E-state index contributed by atoms with van der Waals surface area (Å²) in [6.07, 6.45) is 6.22. The fraction of sp³-hybridized carbons (Fsp3) is 0.481. The van der Waals surface area contributed by atoms with Gasteiger partial charge in [-0.15, -0.1) is 0 Å². The summed E-state index contributed by atoms with van der Waals surface area (Å²) in [5.41, 5.74) is 1.12. The number of fused-ring (bicyclic) bond motifs is 2. The van der Waals surface area contributed by atoms with Gasteiger partial charge in [0.1, 0.15) is 11.0 Å². The van der Waals surface area contributed by atoms with Gasteiger partial charge in [-0.05, 0) is 49.7 Å². The van der Waals surface area contributed by atoms with Crippen molar-refractivity contribution in [3.63, 3.8) is 0 Å². The lowest BCUT2D eigenvalue weighted by Crippen LogP contribution is -2.58. The van der Waals surface area contributed by atoms with Gasteiger partial charge in [0.25, 0.3) is 0 Å². The lowest BCUT2D eigenvalue weighted by molar-refractivity contribution is -0.129. The fourth-order valence-electron chi connectivity index (χ4n) is 6.08. The number of benzene rings is 2. The average Bonchev–Trinajstić information content (AvgIpc) is 3.13. The number of piperidine rings is 2. The van der Waals surface area contributed by atoms with Gasteiger partial charge in [0.2, 0.25) is 5.91 Å². The molecule has 1 N–H and O–H groups in total. The Hall–Kier alpha value is -2.68. The lowest BCUT2D eigenvalue weighted by Gasteiger charge is -2.45. The van der Waals surface area contributed by atoms with E-state index in [1.807, 2.05) is 36.4 Å². The maximum atomic E-state index is 12.9. The van der Waals surface area contributed by atoms with Crippen LogP contribution in [0.15, 0.2) is 60.7 Å². The Morgan fingerprint density at radius 2 is 1.59 bits per heavy atom. The van der Waals surface area contributed by atoms with E-state index in [4.69, 9.17) is 0 Å². The van der Waals surface area contributed by atoms with Gasteiger partial charge in [-0.3, -0.25) is 9.69 Å². The smallest absolute Gasteiger partial charge is 0.241 e. The first-order valence-electron chi connectivity index (χ1n) is 12.0. The van der Waals surface area contributed by atoms with Gasteiger partial charge in [-0.1, -0.05) is 60.7 Å². The molecule has 0 aliphatic carbocycles. The largest absolute Gasteiger partial charge is 0.339 e. The SMILES string of the molecule is N#CC(CCN1CCC2(CC1)C(=O)NC1CCCCN12)(c1ccccc1)c1ccccc1. The van der Waals surface area contributed by atoms with Crippen molar-refractivity contribution >= 4 is 5.91 Å². The van der Waals surface area contributed by atoms with Crippen LogP contribution < -0.4 is 5.32 Å². The quantitative estimate of drug-likeness (QED) is 0.790. The molecule has 3 aliphatic heterocycles. The number of nitrogens with zero attached hydrogens (tertiary/aromatic N) is 3. The van der Waals surface area contributed by atoms with Crippen molar-refractivity contribution in [1.82, 2.24) is 15.1 Å². The first-order valence-corrected chi connectivity index (χ1v) is 12.0. The number of hydrogen-bond acceptors (Lipinski definition) is 4. The standard InChI is InChI=1S/C27H32N4O/c28-21-26(22-9-3-1-4-10-22,23-11-5-2-6-12-23)14-18-30-19-15-27(16-20-30)25(32)29-24-13-7-8-17-31(24)27/h1-6,9-12,24H,7-8,13-20H2,(H,29,32). The van der Waals surface area contributed by atoms with E-state index >= 15 is 0 Å². The van der Waals surface area contributed by atoms with E-state index in [1.54, 1.807) is 0 Å². The van der Waals surface area contributed by atoms with Gasteiger partial charge in [0.15, 0.2) is 0 Å². The minimum absolute atomic E-state index is 0.240. The molecule has 1 unspecified atom stereocenters. The number of nitrogens with one attached hydrogen (secondary N) is 1. The maximum absolute atomic E-state index is 12.9. The Morgan fingerprint density at radius 1 is 0.969 bits per heavy atom. The normalized spacial score (nSPS) is 23.5.